The molecule has 0 bridgehead atoms. The van der Waals surface area contributed by atoms with Crippen molar-refractivity contribution in [2.75, 3.05) is 0 Å². The van der Waals surface area contributed by atoms with E-state index in [1.165, 1.54) is 80.7 Å². The maximum absolute atomic E-state index is 13.4. The largest absolute Gasteiger partial charge is 0.306 e. The van der Waals surface area contributed by atoms with Crippen LogP contribution in [0.5, 0.6) is 0 Å². The van der Waals surface area contributed by atoms with Gasteiger partial charge < -0.3 is 18.3 Å². The van der Waals surface area contributed by atoms with Crippen LogP contribution in [0, 0.1) is 11.3 Å². The van der Waals surface area contributed by atoms with Gasteiger partial charge in [0, 0.05) is 129 Å². The minimum absolute atomic E-state index is 0.546. The molecule has 0 aliphatic carbocycles. The van der Waals surface area contributed by atoms with Crippen LogP contribution in [0.1, 0.15) is 5.56 Å². The van der Waals surface area contributed by atoms with Crippen LogP contribution in [0.3, 0.4) is 0 Å². The van der Waals surface area contributed by atoms with Gasteiger partial charge in [-0.15, -0.1) is 45.3 Å². The first-order chi connectivity index (χ1) is 46.6. The fourth-order valence-electron chi connectivity index (χ4n) is 16.3. The molecule has 0 aliphatic rings. The molecule has 8 heterocycles. The maximum atomic E-state index is 13.4. The summed E-state index contributed by atoms with van der Waals surface area (Å²) in [7, 11) is 0. The summed E-state index contributed by atoms with van der Waals surface area (Å²) >= 11 is 7.39. The molecule has 0 spiro atoms. The summed E-state index contributed by atoms with van der Waals surface area (Å²) < 4.78 is 19.9. The van der Waals surface area contributed by atoms with Crippen molar-refractivity contribution in [1.29, 1.82) is 5.26 Å². The van der Waals surface area contributed by atoms with Gasteiger partial charge in [0.2, 0.25) is 0 Å². The van der Waals surface area contributed by atoms with Gasteiger partial charge in [-0.25, -0.2) is 0 Å². The number of nitriles is 1. The van der Waals surface area contributed by atoms with Gasteiger partial charge in [0.25, 0.3) is 0 Å². The second-order valence-electron chi connectivity index (χ2n) is 24.9. The van der Waals surface area contributed by atoms with E-state index in [9.17, 15) is 5.26 Å². The van der Waals surface area contributed by atoms with Crippen LogP contribution in [0.2, 0.25) is 0 Å². The zero-order valence-corrected chi connectivity index (χ0v) is 53.1. The highest BCUT2D eigenvalue weighted by Gasteiger charge is 2.36. The number of fused-ring (bicyclic) bond motifs is 24. The number of rotatable bonds is 5. The van der Waals surface area contributed by atoms with E-state index in [-0.39, 0.29) is 0 Å². The lowest BCUT2D eigenvalue weighted by Crippen LogP contribution is -2.16. The Morgan fingerprint density at radius 2 is 0.468 bits per heavy atom. The molecule has 5 nitrogen and oxygen atoms in total. The first-order valence-corrected chi connectivity index (χ1v) is 35.0. The number of para-hydroxylation sites is 4. The molecule has 22 aromatic rings. The SMILES string of the molecule is N#Cc1c(-n2c3ccccc3c3ccccc32)c(-n2c3cc4sc5ccccc5c4cc3c3cc4c(cc32)sc2ccccc24)c(-c2ccccc2)c(-n2c3cc4sc5ccccc5c4cc3c3cc4c(cc32)sc2ccccc24)c1-n1c2ccccc2c2ccccc21. The number of hydrogen-bond acceptors (Lipinski definition) is 5. The third-order valence-corrected chi connectivity index (χ3v) is 24.7. The summed E-state index contributed by atoms with van der Waals surface area (Å²) in [6, 6.07) is 105. The highest BCUT2D eigenvalue weighted by Crippen LogP contribution is 2.55. The second kappa shape index (κ2) is 18.9. The minimum atomic E-state index is 0.546. The molecule has 434 valence electrons. The third-order valence-electron chi connectivity index (χ3n) is 20.1. The first-order valence-electron chi connectivity index (χ1n) is 31.7. The van der Waals surface area contributed by atoms with Gasteiger partial charge in [-0.3, -0.25) is 0 Å². The number of thiophene rings is 4. The topological polar surface area (TPSA) is 43.5 Å². The molecule has 9 heteroatoms. The molecule has 0 atom stereocenters. The summed E-state index contributed by atoms with van der Waals surface area (Å²) in [6.07, 6.45) is 0. The highest BCUT2D eigenvalue weighted by atomic mass is 32.1. The Kier molecular flexibility index (Phi) is 10.3. The van der Waals surface area contributed by atoms with Gasteiger partial charge in [0.1, 0.15) is 11.6 Å². The zero-order chi connectivity index (χ0) is 61.2. The molecule has 94 heavy (non-hydrogen) atoms. The molecule has 0 fully saturated rings. The van der Waals surface area contributed by atoms with E-state index >= 15 is 0 Å². The van der Waals surface area contributed by atoms with Crippen molar-refractivity contribution in [1.82, 2.24) is 18.3 Å². The second-order valence-corrected chi connectivity index (χ2v) is 29.2. The van der Waals surface area contributed by atoms with Gasteiger partial charge in [-0.1, -0.05) is 176 Å². The highest BCUT2D eigenvalue weighted by molar-refractivity contribution is 7.27. The normalized spacial score (nSPS) is 12.5. The molecule has 8 aromatic heterocycles. The van der Waals surface area contributed by atoms with E-state index < -0.39 is 0 Å². The van der Waals surface area contributed by atoms with Crippen LogP contribution >= 0.6 is 45.3 Å². The predicted molar refractivity (Wildman–Crippen MR) is 406 cm³/mol. The van der Waals surface area contributed by atoms with Gasteiger partial charge in [0.05, 0.1) is 66.9 Å². The summed E-state index contributed by atoms with van der Waals surface area (Å²) in [5.74, 6) is 0. The Bertz CT molecular complexity index is 6430. The van der Waals surface area contributed by atoms with E-state index in [2.05, 4.69) is 297 Å². The first kappa shape index (κ1) is 51.3. The van der Waals surface area contributed by atoms with Crippen molar-refractivity contribution in [3.63, 3.8) is 0 Å². The van der Waals surface area contributed by atoms with Crippen LogP contribution in [-0.4, -0.2) is 18.3 Å². The van der Waals surface area contributed by atoms with E-state index in [4.69, 9.17) is 0 Å². The Hall–Kier alpha value is -11.4. The van der Waals surface area contributed by atoms with Crippen LogP contribution in [0.4, 0.5) is 0 Å². The molecule has 0 saturated heterocycles. The van der Waals surface area contributed by atoms with E-state index in [1.54, 1.807) is 0 Å². The minimum Gasteiger partial charge on any atom is -0.306 e. The molecular formula is C85H45N5S4. The molecule has 0 unspecified atom stereocenters. The van der Waals surface area contributed by atoms with Crippen LogP contribution < -0.4 is 0 Å². The van der Waals surface area contributed by atoms with Crippen molar-refractivity contribution in [3.8, 4) is 39.9 Å². The smallest absolute Gasteiger partial charge is 0.104 e. The van der Waals surface area contributed by atoms with Crippen molar-refractivity contribution in [2.45, 2.75) is 0 Å². The van der Waals surface area contributed by atoms with Gasteiger partial charge in [-0.2, -0.15) is 5.26 Å². The molecule has 0 aliphatic heterocycles. The van der Waals surface area contributed by atoms with Crippen LogP contribution in [0.15, 0.2) is 273 Å². The van der Waals surface area contributed by atoms with E-state index in [0.29, 0.717) is 5.56 Å². The lowest BCUT2D eigenvalue weighted by Gasteiger charge is -2.29. The van der Waals surface area contributed by atoms with E-state index in [0.717, 1.165) is 121 Å². The number of benzene rings is 14. The lowest BCUT2D eigenvalue weighted by molar-refractivity contribution is 1.04. The van der Waals surface area contributed by atoms with Gasteiger partial charge in [0.15, 0.2) is 0 Å². The standard InChI is InChI=1S/C85H45N5S4/c86-46-64-82(87-65-30-12-4-22-48(65)49-23-5-13-31-66(49)87)84(89-69-42-77-60(52-26-8-16-34-73(52)91-77)38-56(69)57-39-61-53-27-9-17-35-74(53)92-78(61)43-70(57)89)81(47-20-2-1-3-21-47)85(83(64)88-67-32-14-6-24-50(67)51-25-7-15-33-68(51)88)90-71-44-79-62(54-28-10-18-36-75(54)93-79)40-58(71)59-41-63-55-29-11-19-37-76(55)94-80(63)45-72(59)90/h1-45H. The Morgan fingerprint density at radius 1 is 0.213 bits per heavy atom. The van der Waals surface area contributed by atoms with Gasteiger partial charge >= 0.3 is 0 Å². The van der Waals surface area contributed by atoms with Crippen molar-refractivity contribution in [3.05, 3.63) is 279 Å². The zero-order valence-electron chi connectivity index (χ0n) is 49.8. The third kappa shape index (κ3) is 6.78. The quantitative estimate of drug-likeness (QED) is 0.169. The predicted octanol–water partition coefficient (Wildman–Crippen LogP) is 25.1. The Labute approximate surface area is 551 Å². The summed E-state index contributed by atoms with van der Waals surface area (Å²) in [4.78, 5) is 0. The molecule has 14 aromatic carbocycles. The molecule has 0 saturated carbocycles. The average Bonchev–Trinajstić information content (AvgIpc) is 1.45. The van der Waals surface area contributed by atoms with Crippen molar-refractivity contribution < 1.29 is 0 Å². The summed E-state index contributed by atoms with van der Waals surface area (Å²) in [5, 5.41) is 32.4. The lowest BCUT2D eigenvalue weighted by atomic mass is 9.93. The molecule has 22 rings (SSSR count). The van der Waals surface area contributed by atoms with Crippen molar-refractivity contribution in [2.24, 2.45) is 0 Å². The van der Waals surface area contributed by atoms with E-state index in [1.807, 2.05) is 45.3 Å². The number of hydrogen-bond donors (Lipinski definition) is 0. The molecule has 0 amide bonds. The molecule has 0 radical (unpaired) electrons. The number of nitrogens with zero attached hydrogens (tertiary/aromatic N) is 5. The summed E-state index contributed by atoms with van der Waals surface area (Å²) in [5.41, 5.74) is 14.3. The molecule has 0 N–H and O–H groups in total. The fraction of sp³-hybridized carbons (Fsp3) is 0. The van der Waals surface area contributed by atoms with Crippen LogP contribution in [-0.2, 0) is 0 Å². The fourth-order valence-corrected chi connectivity index (χ4v) is 20.8. The maximum Gasteiger partial charge on any atom is 0.104 e. The monoisotopic (exact) mass is 1260 g/mol. The van der Waals surface area contributed by atoms with Gasteiger partial charge in [-0.05, 0) is 103 Å². The number of aromatic nitrogens is 4. The summed E-state index contributed by atoms with van der Waals surface area (Å²) in [6.45, 7) is 0. The average molecular weight is 1260 g/mol. The van der Waals surface area contributed by atoms with Crippen molar-refractivity contribution >= 4 is 213 Å². The molecular weight excluding hydrogens is 1220 g/mol. The Balaban J connectivity index is 1.06. The Morgan fingerprint density at radius 3 is 0.766 bits per heavy atom. The van der Waals surface area contributed by atoms with Crippen LogP contribution in [0.25, 0.3) is 202 Å².